The number of hydrogen-bond donors (Lipinski definition) is 1. The monoisotopic (exact) mass is 238 g/mol. The lowest BCUT2D eigenvalue weighted by atomic mass is 9.86. The number of hydrogen-bond acceptors (Lipinski definition) is 1. The molecule has 18 heavy (non-hydrogen) atoms. The molecule has 0 aromatic heterocycles. The van der Waals surface area contributed by atoms with Crippen molar-refractivity contribution in [3.63, 3.8) is 0 Å². The summed E-state index contributed by atoms with van der Waals surface area (Å²) < 4.78 is 0. The maximum atomic E-state index is 10.5. The molecule has 2 aromatic carbocycles. The summed E-state index contributed by atoms with van der Waals surface area (Å²) in [4.78, 5) is 0. The van der Waals surface area contributed by atoms with Crippen LogP contribution in [0.5, 0.6) is 0 Å². The summed E-state index contributed by atoms with van der Waals surface area (Å²) in [5.74, 6) is 0.381. The van der Waals surface area contributed by atoms with Gasteiger partial charge in [0.15, 0.2) is 0 Å². The van der Waals surface area contributed by atoms with Gasteiger partial charge in [0.2, 0.25) is 0 Å². The Morgan fingerprint density at radius 1 is 0.833 bits per heavy atom. The average molecular weight is 238 g/mol. The molecule has 0 radical (unpaired) electrons. The van der Waals surface area contributed by atoms with E-state index >= 15 is 0 Å². The molecule has 1 heteroatoms. The Balaban J connectivity index is 2.21. The second-order valence-corrected chi connectivity index (χ2v) is 5.39. The topological polar surface area (TPSA) is 20.2 Å². The van der Waals surface area contributed by atoms with E-state index in [0.717, 1.165) is 0 Å². The zero-order valence-electron chi connectivity index (χ0n) is 10.8. The first-order chi connectivity index (χ1) is 8.70. The molecule has 3 rings (SSSR count). The van der Waals surface area contributed by atoms with Crippen molar-refractivity contribution in [3.8, 4) is 11.1 Å². The number of fused-ring (bicyclic) bond motifs is 3. The lowest BCUT2D eigenvalue weighted by Gasteiger charge is -2.23. The van der Waals surface area contributed by atoms with Crippen molar-refractivity contribution in [1.29, 1.82) is 0 Å². The highest BCUT2D eigenvalue weighted by atomic mass is 16.3. The molecule has 1 nitrogen and oxygen atoms in total. The number of benzene rings is 2. The van der Waals surface area contributed by atoms with Gasteiger partial charge < -0.3 is 5.11 Å². The van der Waals surface area contributed by atoms with Crippen LogP contribution in [0.15, 0.2) is 48.5 Å². The van der Waals surface area contributed by atoms with Crippen LogP contribution in [-0.4, -0.2) is 11.2 Å². The fourth-order valence-electron chi connectivity index (χ4n) is 2.95. The SMILES string of the molecule is CC(C)C(O)C1c2ccccc2-c2ccccc21. The minimum Gasteiger partial charge on any atom is -0.392 e. The molecule has 1 N–H and O–H groups in total. The largest absolute Gasteiger partial charge is 0.392 e. The lowest BCUT2D eigenvalue weighted by Crippen LogP contribution is -2.23. The third-order valence-electron chi connectivity index (χ3n) is 3.91. The Bertz CT molecular complexity index is 526. The van der Waals surface area contributed by atoms with Crippen LogP contribution >= 0.6 is 0 Å². The molecule has 0 aliphatic heterocycles. The summed E-state index contributed by atoms with van der Waals surface area (Å²) in [5, 5.41) is 10.5. The van der Waals surface area contributed by atoms with E-state index < -0.39 is 0 Å². The molecule has 0 fully saturated rings. The Morgan fingerprint density at radius 2 is 1.28 bits per heavy atom. The summed E-state index contributed by atoms with van der Waals surface area (Å²) in [6.07, 6.45) is -0.324. The molecule has 92 valence electrons. The van der Waals surface area contributed by atoms with Gasteiger partial charge in [-0.15, -0.1) is 0 Å². The quantitative estimate of drug-likeness (QED) is 0.843. The van der Waals surface area contributed by atoms with Gasteiger partial charge in [-0.2, -0.15) is 0 Å². The average Bonchev–Trinajstić information content (AvgIpc) is 2.72. The first-order valence-corrected chi connectivity index (χ1v) is 6.56. The van der Waals surface area contributed by atoms with E-state index in [9.17, 15) is 5.11 Å². The standard InChI is InChI=1S/C17H18O/c1-11(2)17(18)16-14-9-5-3-7-12(14)13-8-4-6-10-15(13)16/h3-11,16-18H,1-2H3. The van der Waals surface area contributed by atoms with Crippen LogP contribution in [0, 0.1) is 5.92 Å². The van der Waals surface area contributed by atoms with Gasteiger partial charge in [-0.05, 0) is 28.2 Å². The van der Waals surface area contributed by atoms with Gasteiger partial charge in [-0.1, -0.05) is 62.4 Å². The number of aliphatic hydroxyl groups excluding tert-OH is 1. The molecular formula is C17H18O. The minimum absolute atomic E-state index is 0.123. The third-order valence-corrected chi connectivity index (χ3v) is 3.91. The van der Waals surface area contributed by atoms with Crippen LogP contribution in [0.3, 0.4) is 0 Å². The number of aliphatic hydroxyl groups is 1. The van der Waals surface area contributed by atoms with Crippen LogP contribution in [0.4, 0.5) is 0 Å². The van der Waals surface area contributed by atoms with Crippen molar-refractivity contribution in [1.82, 2.24) is 0 Å². The first kappa shape index (κ1) is 11.5. The highest BCUT2D eigenvalue weighted by molar-refractivity contribution is 5.79. The normalized spacial score (nSPS) is 15.6. The molecule has 1 unspecified atom stereocenters. The zero-order valence-corrected chi connectivity index (χ0v) is 10.8. The van der Waals surface area contributed by atoms with E-state index in [0.29, 0.717) is 0 Å². The van der Waals surface area contributed by atoms with Crippen molar-refractivity contribution in [2.75, 3.05) is 0 Å². The molecule has 1 aliphatic carbocycles. The number of rotatable bonds is 2. The van der Waals surface area contributed by atoms with Crippen LogP contribution < -0.4 is 0 Å². The van der Waals surface area contributed by atoms with E-state index in [2.05, 4.69) is 62.4 Å². The summed E-state index contributed by atoms with van der Waals surface area (Å²) in [7, 11) is 0. The van der Waals surface area contributed by atoms with Gasteiger partial charge in [0.25, 0.3) is 0 Å². The Kier molecular flexibility index (Phi) is 2.71. The van der Waals surface area contributed by atoms with Crippen LogP contribution in [0.1, 0.15) is 30.9 Å². The van der Waals surface area contributed by atoms with Crippen molar-refractivity contribution >= 4 is 0 Å². The second-order valence-electron chi connectivity index (χ2n) is 5.39. The molecular weight excluding hydrogens is 220 g/mol. The third kappa shape index (κ3) is 1.58. The van der Waals surface area contributed by atoms with Crippen molar-refractivity contribution in [3.05, 3.63) is 59.7 Å². The smallest absolute Gasteiger partial charge is 0.0672 e. The molecule has 1 aliphatic rings. The van der Waals surface area contributed by atoms with Gasteiger partial charge >= 0.3 is 0 Å². The fourth-order valence-corrected chi connectivity index (χ4v) is 2.95. The Morgan fingerprint density at radius 3 is 1.72 bits per heavy atom. The van der Waals surface area contributed by atoms with E-state index in [4.69, 9.17) is 0 Å². The minimum atomic E-state index is -0.324. The van der Waals surface area contributed by atoms with Gasteiger partial charge in [0, 0.05) is 5.92 Å². The lowest BCUT2D eigenvalue weighted by molar-refractivity contribution is 0.110. The Labute approximate surface area is 108 Å². The molecule has 0 bridgehead atoms. The van der Waals surface area contributed by atoms with Crippen molar-refractivity contribution < 1.29 is 5.11 Å². The highest BCUT2D eigenvalue weighted by Crippen LogP contribution is 2.47. The van der Waals surface area contributed by atoms with E-state index in [1.54, 1.807) is 0 Å². The molecule has 0 saturated carbocycles. The van der Waals surface area contributed by atoms with Gasteiger partial charge in [0.1, 0.15) is 0 Å². The summed E-state index contributed by atoms with van der Waals surface area (Å²) in [5.41, 5.74) is 5.08. The summed E-state index contributed by atoms with van der Waals surface area (Å²) >= 11 is 0. The van der Waals surface area contributed by atoms with Crippen molar-refractivity contribution in [2.45, 2.75) is 25.9 Å². The highest BCUT2D eigenvalue weighted by Gasteiger charge is 2.34. The molecule has 0 spiro atoms. The molecule has 2 aromatic rings. The summed E-state index contributed by atoms with van der Waals surface area (Å²) in [6, 6.07) is 16.9. The molecule has 1 atom stereocenters. The van der Waals surface area contributed by atoms with Crippen LogP contribution in [0.25, 0.3) is 11.1 Å². The predicted octanol–water partition coefficient (Wildman–Crippen LogP) is 3.82. The van der Waals surface area contributed by atoms with Gasteiger partial charge in [-0.3, -0.25) is 0 Å². The molecule has 0 heterocycles. The zero-order chi connectivity index (χ0) is 12.7. The maximum Gasteiger partial charge on any atom is 0.0672 e. The maximum absolute atomic E-state index is 10.5. The van der Waals surface area contributed by atoms with Gasteiger partial charge in [-0.25, -0.2) is 0 Å². The predicted molar refractivity (Wildman–Crippen MR) is 74.6 cm³/mol. The van der Waals surface area contributed by atoms with E-state index in [1.807, 2.05) is 0 Å². The van der Waals surface area contributed by atoms with E-state index in [1.165, 1.54) is 22.3 Å². The molecule has 0 amide bonds. The summed E-state index contributed by atoms with van der Waals surface area (Å²) in [6.45, 7) is 4.16. The first-order valence-electron chi connectivity index (χ1n) is 6.56. The van der Waals surface area contributed by atoms with Crippen LogP contribution in [0.2, 0.25) is 0 Å². The van der Waals surface area contributed by atoms with Crippen LogP contribution in [-0.2, 0) is 0 Å². The second kappa shape index (κ2) is 4.25. The fraction of sp³-hybridized carbons (Fsp3) is 0.294. The Hall–Kier alpha value is -1.60. The van der Waals surface area contributed by atoms with E-state index in [-0.39, 0.29) is 17.9 Å². The van der Waals surface area contributed by atoms with Crippen molar-refractivity contribution in [2.24, 2.45) is 5.92 Å². The van der Waals surface area contributed by atoms with Gasteiger partial charge in [0.05, 0.1) is 6.10 Å². The molecule has 0 saturated heterocycles.